The van der Waals surface area contributed by atoms with Gasteiger partial charge in [-0.15, -0.1) is 0 Å². The van der Waals surface area contributed by atoms with E-state index in [-0.39, 0.29) is 0 Å². The van der Waals surface area contributed by atoms with Gasteiger partial charge < -0.3 is 4.42 Å². The predicted molar refractivity (Wildman–Crippen MR) is 94.9 cm³/mol. The second kappa shape index (κ2) is 5.96. The molecular weight excluding hydrogens is 298 g/mol. The van der Waals surface area contributed by atoms with E-state index in [2.05, 4.69) is 43.1 Å². The SMILES string of the molecule is CC(C)c1coc(-c2nn(Cc3ccccc3)c3ccccc23)n1. The maximum Gasteiger partial charge on any atom is 0.247 e. The van der Waals surface area contributed by atoms with E-state index in [1.807, 2.05) is 35.0 Å². The molecule has 0 saturated heterocycles. The Bertz CT molecular complexity index is 967. The van der Waals surface area contributed by atoms with Gasteiger partial charge in [-0.1, -0.05) is 62.4 Å². The third-order valence-electron chi connectivity index (χ3n) is 4.15. The predicted octanol–water partition coefficient (Wildman–Crippen LogP) is 4.86. The van der Waals surface area contributed by atoms with Gasteiger partial charge in [0.25, 0.3) is 0 Å². The van der Waals surface area contributed by atoms with Crippen molar-refractivity contribution in [1.29, 1.82) is 0 Å². The molecule has 0 aliphatic carbocycles. The molecule has 4 heteroatoms. The molecule has 0 atom stereocenters. The Hall–Kier alpha value is -2.88. The highest BCUT2D eigenvalue weighted by Crippen LogP contribution is 2.29. The van der Waals surface area contributed by atoms with Crippen molar-refractivity contribution in [3.63, 3.8) is 0 Å². The molecule has 120 valence electrons. The number of hydrogen-bond donors (Lipinski definition) is 0. The van der Waals surface area contributed by atoms with Crippen LogP contribution in [0.2, 0.25) is 0 Å². The summed E-state index contributed by atoms with van der Waals surface area (Å²) in [6, 6.07) is 18.5. The summed E-state index contributed by atoms with van der Waals surface area (Å²) in [5, 5.41) is 5.85. The number of rotatable bonds is 4. The smallest absolute Gasteiger partial charge is 0.247 e. The van der Waals surface area contributed by atoms with Crippen molar-refractivity contribution < 1.29 is 4.42 Å². The minimum atomic E-state index is 0.333. The van der Waals surface area contributed by atoms with Gasteiger partial charge in [0.2, 0.25) is 5.89 Å². The maximum atomic E-state index is 5.70. The topological polar surface area (TPSA) is 43.9 Å². The largest absolute Gasteiger partial charge is 0.443 e. The number of nitrogens with zero attached hydrogens (tertiary/aromatic N) is 3. The van der Waals surface area contributed by atoms with Gasteiger partial charge in [-0.25, -0.2) is 4.98 Å². The third kappa shape index (κ3) is 2.60. The van der Waals surface area contributed by atoms with Crippen molar-refractivity contribution in [2.24, 2.45) is 0 Å². The molecule has 2 aromatic heterocycles. The maximum absolute atomic E-state index is 5.70. The van der Waals surface area contributed by atoms with Crippen LogP contribution in [0.25, 0.3) is 22.5 Å². The Morgan fingerprint density at radius 3 is 2.50 bits per heavy atom. The summed E-state index contributed by atoms with van der Waals surface area (Å²) in [6.45, 7) is 4.93. The van der Waals surface area contributed by atoms with Crippen LogP contribution in [0.4, 0.5) is 0 Å². The van der Waals surface area contributed by atoms with Gasteiger partial charge in [-0.2, -0.15) is 5.10 Å². The van der Waals surface area contributed by atoms with Crippen molar-refractivity contribution in [3.05, 3.63) is 72.1 Å². The van der Waals surface area contributed by atoms with Crippen LogP contribution in [-0.2, 0) is 6.54 Å². The van der Waals surface area contributed by atoms with Gasteiger partial charge in [-0.05, 0) is 17.5 Å². The molecule has 0 unspecified atom stereocenters. The zero-order valence-electron chi connectivity index (χ0n) is 13.8. The summed E-state index contributed by atoms with van der Waals surface area (Å²) >= 11 is 0. The van der Waals surface area contributed by atoms with Crippen LogP contribution in [0.3, 0.4) is 0 Å². The van der Waals surface area contributed by atoms with E-state index in [4.69, 9.17) is 9.52 Å². The zero-order chi connectivity index (χ0) is 16.5. The molecule has 0 aliphatic heterocycles. The molecule has 0 amide bonds. The van der Waals surface area contributed by atoms with Gasteiger partial charge in [0.15, 0.2) is 5.69 Å². The summed E-state index contributed by atoms with van der Waals surface area (Å²) in [5.74, 6) is 0.918. The van der Waals surface area contributed by atoms with E-state index in [0.717, 1.165) is 28.8 Å². The summed E-state index contributed by atoms with van der Waals surface area (Å²) in [6.07, 6.45) is 1.73. The number of oxazole rings is 1. The first-order valence-electron chi connectivity index (χ1n) is 8.17. The number of hydrogen-bond acceptors (Lipinski definition) is 3. The Morgan fingerprint density at radius 2 is 1.75 bits per heavy atom. The van der Waals surface area contributed by atoms with E-state index in [1.165, 1.54) is 5.56 Å². The molecule has 0 spiro atoms. The number of benzene rings is 2. The first kappa shape index (κ1) is 14.7. The van der Waals surface area contributed by atoms with Crippen LogP contribution in [-0.4, -0.2) is 14.8 Å². The minimum absolute atomic E-state index is 0.333. The van der Waals surface area contributed by atoms with Gasteiger partial charge in [0.05, 0.1) is 17.8 Å². The molecular formula is C20H19N3O. The highest BCUT2D eigenvalue weighted by atomic mass is 16.3. The quantitative estimate of drug-likeness (QED) is 0.540. The number of aromatic nitrogens is 3. The highest BCUT2D eigenvalue weighted by Gasteiger charge is 2.17. The fraction of sp³-hybridized carbons (Fsp3) is 0.200. The summed E-state index contributed by atoms with van der Waals surface area (Å²) in [7, 11) is 0. The van der Waals surface area contributed by atoms with Crippen LogP contribution < -0.4 is 0 Å². The lowest BCUT2D eigenvalue weighted by Crippen LogP contribution is -2.01. The lowest BCUT2D eigenvalue weighted by Gasteiger charge is -2.03. The lowest BCUT2D eigenvalue weighted by molar-refractivity contribution is 0.566. The van der Waals surface area contributed by atoms with E-state index in [9.17, 15) is 0 Å². The first-order chi connectivity index (χ1) is 11.7. The van der Waals surface area contributed by atoms with E-state index in [0.29, 0.717) is 11.8 Å². The van der Waals surface area contributed by atoms with Crippen molar-refractivity contribution in [3.8, 4) is 11.6 Å². The van der Waals surface area contributed by atoms with Crippen LogP contribution >= 0.6 is 0 Å². The Labute approximate surface area is 140 Å². The average Bonchev–Trinajstić information content (AvgIpc) is 3.21. The third-order valence-corrected chi connectivity index (χ3v) is 4.15. The molecule has 0 aliphatic rings. The fourth-order valence-electron chi connectivity index (χ4n) is 2.82. The van der Waals surface area contributed by atoms with E-state index in [1.54, 1.807) is 6.26 Å². The van der Waals surface area contributed by atoms with E-state index >= 15 is 0 Å². The zero-order valence-corrected chi connectivity index (χ0v) is 13.8. The van der Waals surface area contributed by atoms with Crippen molar-refractivity contribution in [2.45, 2.75) is 26.3 Å². The molecule has 0 saturated carbocycles. The van der Waals surface area contributed by atoms with Gasteiger partial charge in [0, 0.05) is 5.39 Å². The standard InChI is InChI=1S/C20H19N3O/c1-14(2)17-13-24-20(21-17)19-16-10-6-7-11-18(16)23(22-19)12-15-8-4-3-5-9-15/h3-11,13-14H,12H2,1-2H3. The average molecular weight is 317 g/mol. The summed E-state index contributed by atoms with van der Waals surface area (Å²) in [5.41, 5.74) is 4.05. The van der Waals surface area contributed by atoms with Crippen LogP contribution in [0, 0.1) is 0 Å². The monoisotopic (exact) mass is 317 g/mol. The molecule has 0 fully saturated rings. The fourth-order valence-corrected chi connectivity index (χ4v) is 2.82. The minimum Gasteiger partial charge on any atom is -0.443 e. The summed E-state index contributed by atoms with van der Waals surface area (Å²) in [4.78, 5) is 4.61. The second-order valence-corrected chi connectivity index (χ2v) is 6.24. The molecule has 2 aromatic carbocycles. The number of fused-ring (bicyclic) bond motifs is 1. The number of para-hydroxylation sites is 1. The van der Waals surface area contributed by atoms with Crippen molar-refractivity contribution in [2.75, 3.05) is 0 Å². The normalized spacial score (nSPS) is 11.5. The lowest BCUT2D eigenvalue weighted by atomic mass is 10.1. The van der Waals surface area contributed by atoms with Gasteiger partial charge >= 0.3 is 0 Å². The Kier molecular flexibility index (Phi) is 3.65. The molecule has 0 radical (unpaired) electrons. The first-order valence-corrected chi connectivity index (χ1v) is 8.17. The molecule has 4 aromatic rings. The molecule has 4 nitrogen and oxygen atoms in total. The molecule has 2 heterocycles. The van der Waals surface area contributed by atoms with Crippen LogP contribution in [0.15, 0.2) is 65.3 Å². The van der Waals surface area contributed by atoms with Crippen molar-refractivity contribution in [1.82, 2.24) is 14.8 Å². The van der Waals surface area contributed by atoms with Crippen molar-refractivity contribution >= 4 is 10.9 Å². The Balaban J connectivity index is 1.81. The molecule has 24 heavy (non-hydrogen) atoms. The van der Waals surface area contributed by atoms with Crippen LogP contribution in [0.1, 0.15) is 31.0 Å². The summed E-state index contributed by atoms with van der Waals surface area (Å²) < 4.78 is 7.71. The molecule has 0 bridgehead atoms. The van der Waals surface area contributed by atoms with E-state index < -0.39 is 0 Å². The molecule has 4 rings (SSSR count). The highest BCUT2D eigenvalue weighted by molar-refractivity contribution is 5.91. The van der Waals surface area contributed by atoms with Gasteiger partial charge in [0.1, 0.15) is 6.26 Å². The molecule has 0 N–H and O–H groups in total. The second-order valence-electron chi connectivity index (χ2n) is 6.24. The van der Waals surface area contributed by atoms with Crippen LogP contribution in [0.5, 0.6) is 0 Å². The Morgan fingerprint density at radius 1 is 1.00 bits per heavy atom. The van der Waals surface area contributed by atoms with Gasteiger partial charge in [-0.3, -0.25) is 4.68 Å².